The van der Waals surface area contributed by atoms with Gasteiger partial charge in [-0.25, -0.2) is 0 Å². The van der Waals surface area contributed by atoms with Crippen molar-refractivity contribution in [1.29, 1.82) is 0 Å². The minimum atomic E-state index is 0.402. The van der Waals surface area contributed by atoms with Crippen LogP contribution in [0.5, 0.6) is 0 Å². The Morgan fingerprint density at radius 2 is 2.12 bits per heavy atom. The smallest absolute Gasteiger partial charge is 0.107 e. The maximum absolute atomic E-state index is 5.77. The summed E-state index contributed by atoms with van der Waals surface area (Å²) in [5.41, 5.74) is 1.32. The Morgan fingerprint density at radius 1 is 1.38 bits per heavy atom. The molecule has 16 heavy (non-hydrogen) atoms. The van der Waals surface area contributed by atoms with Crippen molar-refractivity contribution in [2.24, 2.45) is 0 Å². The van der Waals surface area contributed by atoms with Crippen molar-refractivity contribution in [3.63, 3.8) is 0 Å². The average molecular weight is 220 g/mol. The van der Waals surface area contributed by atoms with Gasteiger partial charge in [-0.15, -0.1) is 6.58 Å². The Hall–Kier alpha value is -0.980. The molecule has 0 amide bonds. The van der Waals surface area contributed by atoms with E-state index in [0.717, 1.165) is 12.2 Å². The maximum Gasteiger partial charge on any atom is 0.107 e. The lowest BCUT2D eigenvalue weighted by atomic mass is 9.99. The molecule has 1 nitrogen and oxygen atoms in total. The lowest BCUT2D eigenvalue weighted by molar-refractivity contribution is 0.467. The van der Waals surface area contributed by atoms with E-state index in [0.29, 0.717) is 5.92 Å². The summed E-state index contributed by atoms with van der Waals surface area (Å²) >= 11 is 0. The van der Waals surface area contributed by atoms with Crippen LogP contribution in [0.1, 0.15) is 62.5 Å². The van der Waals surface area contributed by atoms with E-state index in [-0.39, 0.29) is 0 Å². The maximum atomic E-state index is 5.77. The Labute approximate surface area is 99.6 Å². The van der Waals surface area contributed by atoms with Crippen LogP contribution in [0.4, 0.5) is 0 Å². The molecule has 1 unspecified atom stereocenters. The van der Waals surface area contributed by atoms with Gasteiger partial charge in [0, 0.05) is 17.9 Å². The van der Waals surface area contributed by atoms with Crippen LogP contribution in [0, 0.1) is 6.92 Å². The molecular formula is C15H24O. The number of furan rings is 1. The molecule has 0 spiro atoms. The summed E-state index contributed by atoms with van der Waals surface area (Å²) in [6.45, 7) is 10.3. The molecule has 1 rings (SSSR count). The number of rotatable bonds is 7. The summed E-state index contributed by atoms with van der Waals surface area (Å²) in [5.74, 6) is 2.59. The van der Waals surface area contributed by atoms with Crippen LogP contribution in [0.2, 0.25) is 0 Å². The molecule has 0 aliphatic carbocycles. The van der Waals surface area contributed by atoms with Crippen LogP contribution >= 0.6 is 0 Å². The first-order valence-electron chi connectivity index (χ1n) is 6.40. The van der Waals surface area contributed by atoms with Gasteiger partial charge in [-0.1, -0.05) is 39.2 Å². The normalized spacial score (nSPS) is 12.7. The van der Waals surface area contributed by atoms with E-state index in [1.165, 1.54) is 37.0 Å². The summed E-state index contributed by atoms with van der Waals surface area (Å²) in [6.07, 6.45) is 8.20. The van der Waals surface area contributed by atoms with Crippen molar-refractivity contribution >= 4 is 0 Å². The molecule has 0 aliphatic heterocycles. The van der Waals surface area contributed by atoms with Crippen LogP contribution in [0.15, 0.2) is 23.1 Å². The van der Waals surface area contributed by atoms with E-state index in [2.05, 4.69) is 26.5 Å². The van der Waals surface area contributed by atoms with E-state index in [1.54, 1.807) is 0 Å². The molecule has 0 aliphatic rings. The second kappa shape index (κ2) is 6.57. The minimum Gasteiger partial charge on any atom is -0.466 e. The molecule has 0 radical (unpaired) electrons. The van der Waals surface area contributed by atoms with E-state index in [1.807, 2.05) is 13.0 Å². The second-order valence-electron chi connectivity index (χ2n) is 4.57. The van der Waals surface area contributed by atoms with Crippen LogP contribution < -0.4 is 0 Å². The Balaban J connectivity index is 2.60. The zero-order valence-electron chi connectivity index (χ0n) is 10.9. The Kier molecular flexibility index (Phi) is 5.37. The number of hydrogen-bond acceptors (Lipinski definition) is 1. The Bertz CT molecular complexity index is 322. The predicted molar refractivity (Wildman–Crippen MR) is 69.9 cm³/mol. The average Bonchev–Trinajstić information content (AvgIpc) is 2.65. The topological polar surface area (TPSA) is 13.1 Å². The first kappa shape index (κ1) is 13.1. The van der Waals surface area contributed by atoms with Gasteiger partial charge in [0.05, 0.1) is 0 Å². The number of aryl methyl sites for hydroxylation is 2. The fourth-order valence-electron chi connectivity index (χ4n) is 2.00. The molecular weight excluding hydrogens is 196 g/mol. The van der Waals surface area contributed by atoms with Crippen molar-refractivity contribution < 1.29 is 4.42 Å². The van der Waals surface area contributed by atoms with Gasteiger partial charge in [-0.3, -0.25) is 0 Å². The number of unbranched alkanes of at least 4 members (excludes halogenated alkanes) is 3. The SMILES string of the molecule is C=CC(C)c1cc(C)oc1CCCCCC. The lowest BCUT2D eigenvalue weighted by Gasteiger charge is -2.06. The zero-order valence-corrected chi connectivity index (χ0v) is 10.9. The van der Waals surface area contributed by atoms with Gasteiger partial charge in [0.15, 0.2) is 0 Å². The van der Waals surface area contributed by atoms with E-state index < -0.39 is 0 Å². The molecule has 0 fully saturated rings. The molecule has 0 N–H and O–H groups in total. The van der Waals surface area contributed by atoms with Gasteiger partial charge in [0.1, 0.15) is 11.5 Å². The fourth-order valence-corrected chi connectivity index (χ4v) is 2.00. The van der Waals surface area contributed by atoms with Gasteiger partial charge < -0.3 is 4.42 Å². The standard InChI is InChI=1S/C15H24O/c1-5-7-8-9-10-15-14(12(3)6-2)11-13(4)16-15/h6,11-12H,2,5,7-10H2,1,3-4H3. The van der Waals surface area contributed by atoms with Crippen LogP contribution in [-0.2, 0) is 6.42 Å². The quantitative estimate of drug-likeness (QED) is 0.465. The van der Waals surface area contributed by atoms with Crippen molar-refractivity contribution in [2.45, 2.75) is 58.8 Å². The largest absolute Gasteiger partial charge is 0.466 e. The van der Waals surface area contributed by atoms with Crippen molar-refractivity contribution in [2.75, 3.05) is 0 Å². The predicted octanol–water partition coefficient (Wildman–Crippen LogP) is 5.00. The third kappa shape index (κ3) is 3.55. The summed E-state index contributed by atoms with van der Waals surface area (Å²) in [5, 5.41) is 0. The van der Waals surface area contributed by atoms with Crippen molar-refractivity contribution in [3.8, 4) is 0 Å². The molecule has 0 aromatic carbocycles. The third-order valence-electron chi connectivity index (χ3n) is 3.07. The lowest BCUT2D eigenvalue weighted by Crippen LogP contribution is -1.93. The summed E-state index contributed by atoms with van der Waals surface area (Å²) in [7, 11) is 0. The fraction of sp³-hybridized carbons (Fsp3) is 0.600. The van der Waals surface area contributed by atoms with E-state index in [4.69, 9.17) is 4.42 Å². The highest BCUT2D eigenvalue weighted by atomic mass is 16.3. The van der Waals surface area contributed by atoms with Crippen molar-refractivity contribution in [1.82, 2.24) is 0 Å². The highest BCUT2D eigenvalue weighted by Crippen LogP contribution is 2.26. The second-order valence-corrected chi connectivity index (χ2v) is 4.57. The highest BCUT2D eigenvalue weighted by Gasteiger charge is 2.12. The number of allylic oxidation sites excluding steroid dienone is 1. The van der Waals surface area contributed by atoms with Crippen molar-refractivity contribution in [3.05, 3.63) is 35.8 Å². The van der Waals surface area contributed by atoms with Crippen LogP contribution in [0.25, 0.3) is 0 Å². The van der Waals surface area contributed by atoms with Gasteiger partial charge in [0.25, 0.3) is 0 Å². The molecule has 90 valence electrons. The molecule has 1 aromatic rings. The number of hydrogen-bond donors (Lipinski definition) is 0. The Morgan fingerprint density at radius 3 is 2.75 bits per heavy atom. The third-order valence-corrected chi connectivity index (χ3v) is 3.07. The molecule has 1 atom stereocenters. The summed E-state index contributed by atoms with van der Waals surface area (Å²) in [4.78, 5) is 0. The van der Waals surface area contributed by atoms with Gasteiger partial charge >= 0.3 is 0 Å². The molecule has 1 aromatic heterocycles. The molecule has 1 heteroatoms. The first-order chi connectivity index (χ1) is 7.69. The molecule has 0 saturated heterocycles. The van der Waals surface area contributed by atoms with Gasteiger partial charge in [0.2, 0.25) is 0 Å². The molecule has 0 bridgehead atoms. The molecule has 0 saturated carbocycles. The van der Waals surface area contributed by atoms with Gasteiger partial charge in [-0.2, -0.15) is 0 Å². The first-order valence-corrected chi connectivity index (χ1v) is 6.40. The monoisotopic (exact) mass is 220 g/mol. The highest BCUT2D eigenvalue weighted by molar-refractivity contribution is 5.28. The van der Waals surface area contributed by atoms with Crippen LogP contribution in [0.3, 0.4) is 0 Å². The molecule has 1 heterocycles. The van der Waals surface area contributed by atoms with E-state index >= 15 is 0 Å². The minimum absolute atomic E-state index is 0.402. The van der Waals surface area contributed by atoms with E-state index in [9.17, 15) is 0 Å². The summed E-state index contributed by atoms with van der Waals surface area (Å²) < 4.78 is 5.77. The van der Waals surface area contributed by atoms with Gasteiger partial charge in [-0.05, 0) is 19.4 Å². The summed E-state index contributed by atoms with van der Waals surface area (Å²) in [6, 6.07) is 2.15. The zero-order chi connectivity index (χ0) is 12.0. The van der Waals surface area contributed by atoms with Crippen LogP contribution in [-0.4, -0.2) is 0 Å².